The molecular formula is C19H16N2O3. The summed E-state index contributed by atoms with van der Waals surface area (Å²) >= 11 is 0. The topological polar surface area (TPSA) is 64.4 Å². The summed E-state index contributed by atoms with van der Waals surface area (Å²) < 4.78 is 11.0. The average Bonchev–Trinajstić information content (AvgIpc) is 3.03. The molecule has 0 aliphatic carbocycles. The maximum Gasteiger partial charge on any atom is 0.232 e. The lowest BCUT2D eigenvalue weighted by molar-refractivity contribution is -0.122. The normalized spacial score (nSPS) is 12.9. The van der Waals surface area contributed by atoms with Crippen molar-refractivity contribution in [2.45, 2.75) is 19.4 Å². The van der Waals surface area contributed by atoms with Crippen LogP contribution in [0.25, 0.3) is 0 Å². The molecule has 0 fully saturated rings. The number of para-hydroxylation sites is 2. The quantitative estimate of drug-likeness (QED) is 0.802. The van der Waals surface area contributed by atoms with Crippen molar-refractivity contribution in [2.75, 3.05) is 0 Å². The lowest BCUT2D eigenvalue weighted by atomic mass is 9.87. The summed E-state index contributed by atoms with van der Waals surface area (Å²) in [7, 11) is 0. The van der Waals surface area contributed by atoms with E-state index in [4.69, 9.17) is 9.26 Å². The Balaban J connectivity index is 1.65. The Labute approximate surface area is 139 Å². The van der Waals surface area contributed by atoms with Gasteiger partial charge in [0.15, 0.2) is 0 Å². The van der Waals surface area contributed by atoms with Crippen molar-refractivity contribution < 1.29 is 14.1 Å². The number of aromatic nitrogens is 1. The summed E-state index contributed by atoms with van der Waals surface area (Å²) in [6.45, 7) is 2.15. The Morgan fingerprint density at radius 2 is 1.71 bits per heavy atom. The fourth-order valence-electron chi connectivity index (χ4n) is 2.97. The Morgan fingerprint density at radius 3 is 2.29 bits per heavy atom. The van der Waals surface area contributed by atoms with Gasteiger partial charge in [0.2, 0.25) is 5.91 Å². The number of benzene rings is 2. The molecule has 1 aromatic heterocycles. The van der Waals surface area contributed by atoms with Crippen LogP contribution in [0.1, 0.15) is 28.5 Å². The molecule has 1 aliphatic rings. The van der Waals surface area contributed by atoms with E-state index in [1.165, 1.54) is 0 Å². The number of fused-ring (bicyclic) bond motifs is 2. The number of hydrogen-bond donors (Lipinski definition) is 1. The minimum absolute atomic E-state index is 0.0844. The predicted molar refractivity (Wildman–Crippen MR) is 87.9 cm³/mol. The third kappa shape index (κ3) is 2.54. The van der Waals surface area contributed by atoms with E-state index < -0.39 is 5.92 Å². The first-order valence-corrected chi connectivity index (χ1v) is 7.78. The van der Waals surface area contributed by atoms with Gasteiger partial charge in [-0.25, -0.2) is 0 Å². The summed E-state index contributed by atoms with van der Waals surface area (Å²) in [4.78, 5) is 12.9. The highest BCUT2D eigenvalue weighted by Crippen LogP contribution is 2.43. The van der Waals surface area contributed by atoms with Gasteiger partial charge in [-0.05, 0) is 19.1 Å². The SMILES string of the molecule is Cc1cc(CNC(=O)C2c3ccccc3Oc3ccccc32)no1. The lowest BCUT2D eigenvalue weighted by Crippen LogP contribution is -2.31. The summed E-state index contributed by atoms with van der Waals surface area (Å²) in [5.74, 6) is 1.67. The minimum Gasteiger partial charge on any atom is -0.457 e. The molecule has 1 amide bonds. The number of nitrogens with zero attached hydrogens (tertiary/aromatic N) is 1. The fraction of sp³-hybridized carbons (Fsp3) is 0.158. The molecule has 5 nitrogen and oxygen atoms in total. The number of carbonyl (C=O) groups excluding carboxylic acids is 1. The van der Waals surface area contributed by atoms with Crippen molar-refractivity contribution in [3.05, 3.63) is 77.2 Å². The molecule has 0 saturated heterocycles. The molecule has 0 spiro atoms. The van der Waals surface area contributed by atoms with Crippen LogP contribution in [0, 0.1) is 6.92 Å². The second-order valence-electron chi connectivity index (χ2n) is 5.76. The van der Waals surface area contributed by atoms with Gasteiger partial charge in [-0.3, -0.25) is 4.79 Å². The third-order valence-electron chi connectivity index (χ3n) is 4.06. The summed E-state index contributed by atoms with van der Waals surface area (Å²) in [6.07, 6.45) is 0. The van der Waals surface area contributed by atoms with Gasteiger partial charge in [0.25, 0.3) is 0 Å². The van der Waals surface area contributed by atoms with E-state index in [-0.39, 0.29) is 5.91 Å². The minimum atomic E-state index is -0.404. The first-order valence-electron chi connectivity index (χ1n) is 7.78. The van der Waals surface area contributed by atoms with Gasteiger partial charge in [-0.1, -0.05) is 41.6 Å². The van der Waals surface area contributed by atoms with Gasteiger partial charge in [0.05, 0.1) is 12.5 Å². The Bertz CT molecular complexity index is 855. The van der Waals surface area contributed by atoms with Crippen molar-refractivity contribution in [2.24, 2.45) is 0 Å². The molecule has 0 unspecified atom stereocenters. The van der Waals surface area contributed by atoms with Crippen LogP contribution in [0.2, 0.25) is 0 Å². The zero-order chi connectivity index (χ0) is 16.5. The van der Waals surface area contributed by atoms with E-state index in [1.54, 1.807) is 0 Å². The summed E-state index contributed by atoms with van der Waals surface area (Å²) in [6, 6.07) is 17.1. The van der Waals surface area contributed by atoms with Crippen LogP contribution >= 0.6 is 0 Å². The van der Waals surface area contributed by atoms with Crippen molar-refractivity contribution in [1.29, 1.82) is 0 Å². The number of carbonyl (C=O) groups is 1. The van der Waals surface area contributed by atoms with Crippen molar-refractivity contribution in [3.63, 3.8) is 0 Å². The molecular weight excluding hydrogens is 304 g/mol. The first-order chi connectivity index (χ1) is 11.7. The summed E-state index contributed by atoms with van der Waals surface area (Å²) in [5, 5.41) is 6.85. The van der Waals surface area contributed by atoms with Gasteiger partial charge >= 0.3 is 0 Å². The largest absolute Gasteiger partial charge is 0.457 e. The van der Waals surface area contributed by atoms with Gasteiger partial charge in [-0.15, -0.1) is 0 Å². The van der Waals surface area contributed by atoms with E-state index in [0.29, 0.717) is 23.7 Å². The summed E-state index contributed by atoms with van der Waals surface area (Å²) in [5.41, 5.74) is 2.43. The smallest absolute Gasteiger partial charge is 0.232 e. The highest BCUT2D eigenvalue weighted by molar-refractivity contribution is 5.89. The molecule has 0 atom stereocenters. The highest BCUT2D eigenvalue weighted by Gasteiger charge is 2.32. The molecule has 1 aliphatic heterocycles. The zero-order valence-corrected chi connectivity index (χ0v) is 13.2. The van der Waals surface area contributed by atoms with Crippen LogP contribution in [-0.2, 0) is 11.3 Å². The second-order valence-corrected chi connectivity index (χ2v) is 5.76. The van der Waals surface area contributed by atoms with E-state index >= 15 is 0 Å². The fourth-order valence-corrected chi connectivity index (χ4v) is 2.97. The Morgan fingerprint density at radius 1 is 1.08 bits per heavy atom. The lowest BCUT2D eigenvalue weighted by Gasteiger charge is -2.27. The molecule has 24 heavy (non-hydrogen) atoms. The molecule has 4 rings (SSSR count). The van der Waals surface area contributed by atoms with Crippen molar-refractivity contribution >= 4 is 5.91 Å². The standard InChI is InChI=1S/C19H16N2O3/c1-12-10-13(21-24-12)11-20-19(22)18-14-6-2-4-8-16(14)23-17-9-5-3-7-15(17)18/h2-10,18H,11H2,1H3,(H,20,22). The number of aryl methyl sites for hydroxylation is 1. The molecule has 1 N–H and O–H groups in total. The highest BCUT2D eigenvalue weighted by atomic mass is 16.5. The molecule has 0 bridgehead atoms. The van der Waals surface area contributed by atoms with Crippen LogP contribution in [0.4, 0.5) is 0 Å². The molecule has 2 aromatic carbocycles. The van der Waals surface area contributed by atoms with Crippen molar-refractivity contribution in [3.8, 4) is 11.5 Å². The first kappa shape index (κ1) is 14.5. The molecule has 0 saturated carbocycles. The monoisotopic (exact) mass is 320 g/mol. The molecule has 3 aromatic rings. The zero-order valence-electron chi connectivity index (χ0n) is 13.2. The maximum absolute atomic E-state index is 12.9. The number of rotatable bonds is 3. The Kier molecular flexibility index (Phi) is 3.54. The van der Waals surface area contributed by atoms with E-state index in [9.17, 15) is 4.79 Å². The number of nitrogens with one attached hydrogen (secondary N) is 1. The number of ether oxygens (including phenoxy) is 1. The Hall–Kier alpha value is -3.08. The second kappa shape index (κ2) is 5.85. The van der Waals surface area contributed by atoms with Gasteiger partial charge in [0, 0.05) is 17.2 Å². The van der Waals surface area contributed by atoms with Crippen LogP contribution in [0.3, 0.4) is 0 Å². The van der Waals surface area contributed by atoms with Crippen LogP contribution in [-0.4, -0.2) is 11.1 Å². The van der Waals surface area contributed by atoms with Crippen LogP contribution in [0.15, 0.2) is 59.1 Å². The number of amides is 1. The molecule has 2 heterocycles. The van der Waals surface area contributed by atoms with E-state index in [1.807, 2.05) is 61.5 Å². The number of hydrogen-bond acceptors (Lipinski definition) is 4. The van der Waals surface area contributed by atoms with Gasteiger partial charge in [-0.2, -0.15) is 0 Å². The maximum atomic E-state index is 12.9. The molecule has 0 radical (unpaired) electrons. The molecule has 120 valence electrons. The van der Waals surface area contributed by atoms with Crippen molar-refractivity contribution in [1.82, 2.24) is 10.5 Å². The third-order valence-corrected chi connectivity index (χ3v) is 4.06. The molecule has 5 heteroatoms. The van der Waals surface area contributed by atoms with Gasteiger partial charge in [0.1, 0.15) is 23.0 Å². The van der Waals surface area contributed by atoms with Gasteiger partial charge < -0.3 is 14.6 Å². The van der Waals surface area contributed by atoms with Crippen LogP contribution in [0.5, 0.6) is 11.5 Å². The van der Waals surface area contributed by atoms with E-state index in [2.05, 4.69) is 10.5 Å². The van der Waals surface area contributed by atoms with E-state index in [0.717, 1.165) is 16.9 Å². The average molecular weight is 320 g/mol. The predicted octanol–water partition coefficient (Wildman–Crippen LogP) is 3.54. The van der Waals surface area contributed by atoms with Crippen LogP contribution < -0.4 is 10.1 Å².